The number of carbonyl (C=O) groups excluding carboxylic acids is 1. The first kappa shape index (κ1) is 12.0. The van der Waals surface area contributed by atoms with Crippen LogP contribution in [-0.2, 0) is 0 Å². The molecule has 0 saturated heterocycles. The van der Waals surface area contributed by atoms with Gasteiger partial charge in [-0.3, -0.25) is 0 Å². The van der Waals surface area contributed by atoms with Crippen LogP contribution in [0.5, 0.6) is 5.75 Å². The highest BCUT2D eigenvalue weighted by Gasteiger charge is 2.10. The molecule has 0 aliphatic heterocycles. The molecule has 0 N–H and O–H groups in total. The van der Waals surface area contributed by atoms with Gasteiger partial charge in [-0.2, -0.15) is 0 Å². The summed E-state index contributed by atoms with van der Waals surface area (Å²) < 4.78 is 10.3. The van der Waals surface area contributed by atoms with Crippen molar-refractivity contribution in [3.63, 3.8) is 0 Å². The van der Waals surface area contributed by atoms with E-state index >= 15 is 0 Å². The third kappa shape index (κ3) is 2.54. The maximum Gasteiger partial charge on any atom is 0.362 e. The molecule has 0 unspecified atom stereocenters. The second kappa shape index (κ2) is 5.31. The highest BCUT2D eigenvalue weighted by atomic mass is 16.5. The van der Waals surface area contributed by atoms with E-state index in [0.29, 0.717) is 11.6 Å². The first-order valence-electron chi connectivity index (χ1n) is 5.83. The molecule has 0 aliphatic carbocycles. The molecular weight excluding hydrogens is 258 g/mol. The van der Waals surface area contributed by atoms with Gasteiger partial charge in [0, 0.05) is 11.8 Å². The summed E-state index contributed by atoms with van der Waals surface area (Å²) in [6.07, 6.45) is 2.79. The zero-order chi connectivity index (χ0) is 13.8. The molecule has 0 aliphatic rings. The largest absolute Gasteiger partial charge is 0.423 e. The summed E-state index contributed by atoms with van der Waals surface area (Å²) >= 11 is 0. The molecule has 6 nitrogen and oxygen atoms in total. The predicted molar refractivity (Wildman–Crippen MR) is 68.9 cm³/mol. The number of pyridine rings is 1. The standard InChI is InChI=1S/C14H9N3O3/c18-14(12-3-1-2-8-15-12)20-11-6-4-10(5-7-11)13-17-16-9-19-13/h1-9H. The third-order valence-corrected chi connectivity index (χ3v) is 2.55. The minimum Gasteiger partial charge on any atom is -0.423 e. The van der Waals surface area contributed by atoms with Crippen LogP contribution in [0.3, 0.4) is 0 Å². The number of carbonyl (C=O) groups is 1. The van der Waals surface area contributed by atoms with Crippen molar-refractivity contribution in [2.45, 2.75) is 0 Å². The zero-order valence-electron chi connectivity index (χ0n) is 10.3. The summed E-state index contributed by atoms with van der Waals surface area (Å²) in [6, 6.07) is 11.8. The highest BCUT2D eigenvalue weighted by molar-refractivity contribution is 5.88. The number of rotatable bonds is 3. The van der Waals surface area contributed by atoms with Crippen LogP contribution >= 0.6 is 0 Å². The molecule has 3 aromatic rings. The normalized spacial score (nSPS) is 10.2. The lowest BCUT2D eigenvalue weighted by Crippen LogP contribution is -2.09. The average Bonchev–Trinajstić information content (AvgIpc) is 3.03. The fourth-order valence-electron chi connectivity index (χ4n) is 1.61. The van der Waals surface area contributed by atoms with Gasteiger partial charge in [-0.1, -0.05) is 6.07 Å². The van der Waals surface area contributed by atoms with E-state index < -0.39 is 5.97 Å². The summed E-state index contributed by atoms with van der Waals surface area (Å²) in [5, 5.41) is 7.39. The first-order chi connectivity index (χ1) is 9.83. The number of benzene rings is 1. The van der Waals surface area contributed by atoms with Gasteiger partial charge in [-0.25, -0.2) is 9.78 Å². The maximum absolute atomic E-state index is 11.8. The number of hydrogen-bond donors (Lipinski definition) is 0. The topological polar surface area (TPSA) is 78.1 Å². The lowest BCUT2D eigenvalue weighted by atomic mass is 10.2. The number of nitrogens with zero attached hydrogens (tertiary/aromatic N) is 3. The Labute approximate surface area is 114 Å². The molecule has 0 atom stereocenters. The summed E-state index contributed by atoms with van der Waals surface area (Å²) in [5.41, 5.74) is 1.01. The summed E-state index contributed by atoms with van der Waals surface area (Å²) in [5.74, 6) is 0.327. The van der Waals surface area contributed by atoms with Gasteiger partial charge in [0.15, 0.2) is 0 Å². The van der Waals surface area contributed by atoms with Gasteiger partial charge in [0.25, 0.3) is 0 Å². The van der Waals surface area contributed by atoms with Crippen molar-refractivity contribution in [2.75, 3.05) is 0 Å². The molecule has 20 heavy (non-hydrogen) atoms. The van der Waals surface area contributed by atoms with Gasteiger partial charge in [0.2, 0.25) is 12.3 Å². The van der Waals surface area contributed by atoms with Crippen LogP contribution in [-0.4, -0.2) is 21.2 Å². The Morgan fingerprint density at radius 2 is 1.95 bits per heavy atom. The number of esters is 1. The third-order valence-electron chi connectivity index (χ3n) is 2.55. The molecule has 6 heteroatoms. The second-order valence-electron chi connectivity index (χ2n) is 3.87. The Morgan fingerprint density at radius 3 is 2.60 bits per heavy atom. The SMILES string of the molecule is O=C(Oc1ccc(-c2nnco2)cc1)c1ccccn1. The van der Waals surface area contributed by atoms with Crippen molar-refractivity contribution < 1.29 is 13.9 Å². The van der Waals surface area contributed by atoms with Crippen LogP contribution in [0.1, 0.15) is 10.5 Å². The van der Waals surface area contributed by atoms with Gasteiger partial charge in [0.05, 0.1) is 0 Å². The lowest BCUT2D eigenvalue weighted by Gasteiger charge is -2.03. The van der Waals surface area contributed by atoms with Gasteiger partial charge < -0.3 is 9.15 Å². The van der Waals surface area contributed by atoms with Gasteiger partial charge in [0.1, 0.15) is 11.4 Å². The van der Waals surface area contributed by atoms with Gasteiger partial charge >= 0.3 is 5.97 Å². The monoisotopic (exact) mass is 267 g/mol. The molecular formula is C14H9N3O3. The van der Waals surface area contributed by atoms with Gasteiger partial charge in [-0.05, 0) is 36.4 Å². The van der Waals surface area contributed by atoms with Crippen LogP contribution in [0, 0.1) is 0 Å². The zero-order valence-corrected chi connectivity index (χ0v) is 10.3. The van der Waals surface area contributed by atoms with E-state index in [1.165, 1.54) is 12.6 Å². The second-order valence-corrected chi connectivity index (χ2v) is 3.87. The Morgan fingerprint density at radius 1 is 1.10 bits per heavy atom. The molecule has 0 saturated carbocycles. The van der Waals surface area contributed by atoms with Crippen LogP contribution in [0.2, 0.25) is 0 Å². The molecule has 0 radical (unpaired) electrons. The molecule has 0 spiro atoms. The quantitative estimate of drug-likeness (QED) is 0.535. The van der Waals surface area contributed by atoms with Crippen molar-refractivity contribution in [3.8, 4) is 17.2 Å². The van der Waals surface area contributed by atoms with E-state index in [1.807, 2.05) is 0 Å². The van der Waals surface area contributed by atoms with Crippen LogP contribution in [0.25, 0.3) is 11.5 Å². The van der Waals surface area contributed by atoms with E-state index in [0.717, 1.165) is 5.56 Å². The van der Waals surface area contributed by atoms with Crippen molar-refractivity contribution in [1.29, 1.82) is 0 Å². The molecule has 98 valence electrons. The average molecular weight is 267 g/mol. The fourth-order valence-corrected chi connectivity index (χ4v) is 1.61. The van der Waals surface area contributed by atoms with Crippen LogP contribution in [0.15, 0.2) is 59.5 Å². The van der Waals surface area contributed by atoms with E-state index in [-0.39, 0.29) is 5.69 Å². The molecule has 0 amide bonds. The number of aromatic nitrogens is 3. The highest BCUT2D eigenvalue weighted by Crippen LogP contribution is 2.20. The molecule has 2 heterocycles. The predicted octanol–water partition coefficient (Wildman–Crippen LogP) is 2.35. The minimum atomic E-state index is -0.504. The number of hydrogen-bond acceptors (Lipinski definition) is 6. The van der Waals surface area contributed by atoms with Crippen LogP contribution < -0.4 is 4.74 Å². The molecule has 0 fully saturated rings. The Hall–Kier alpha value is -3.02. The van der Waals surface area contributed by atoms with Crippen molar-refractivity contribution in [1.82, 2.24) is 15.2 Å². The Kier molecular flexibility index (Phi) is 3.20. The molecule has 2 aromatic heterocycles. The summed E-state index contributed by atoms with van der Waals surface area (Å²) in [6.45, 7) is 0. The van der Waals surface area contributed by atoms with E-state index in [4.69, 9.17) is 9.15 Å². The van der Waals surface area contributed by atoms with Crippen molar-refractivity contribution in [3.05, 3.63) is 60.7 Å². The summed E-state index contributed by atoms with van der Waals surface area (Å²) in [7, 11) is 0. The first-order valence-corrected chi connectivity index (χ1v) is 5.83. The Bertz CT molecular complexity index is 694. The van der Waals surface area contributed by atoms with E-state index in [9.17, 15) is 4.79 Å². The number of ether oxygens (including phenoxy) is 1. The van der Waals surface area contributed by atoms with Crippen molar-refractivity contribution in [2.24, 2.45) is 0 Å². The summed E-state index contributed by atoms with van der Waals surface area (Å²) in [4.78, 5) is 15.7. The maximum atomic E-state index is 11.8. The van der Waals surface area contributed by atoms with E-state index in [2.05, 4.69) is 15.2 Å². The van der Waals surface area contributed by atoms with E-state index in [1.54, 1.807) is 42.5 Å². The fraction of sp³-hybridized carbons (Fsp3) is 0. The van der Waals surface area contributed by atoms with Crippen molar-refractivity contribution >= 4 is 5.97 Å². The molecule has 3 rings (SSSR count). The lowest BCUT2D eigenvalue weighted by molar-refractivity contribution is 0.0728. The Balaban J connectivity index is 1.74. The molecule has 0 bridgehead atoms. The molecule has 1 aromatic carbocycles. The van der Waals surface area contributed by atoms with Gasteiger partial charge in [-0.15, -0.1) is 10.2 Å². The minimum absolute atomic E-state index is 0.258. The van der Waals surface area contributed by atoms with Crippen LogP contribution in [0.4, 0.5) is 0 Å². The smallest absolute Gasteiger partial charge is 0.362 e.